The predicted molar refractivity (Wildman–Crippen MR) is 101 cm³/mol. The molecule has 0 bridgehead atoms. The first-order valence-corrected chi connectivity index (χ1v) is 9.32. The largest absolute Gasteiger partial charge is 0.458 e. The fourth-order valence-corrected chi connectivity index (χ4v) is 3.38. The molecule has 0 aliphatic rings. The molecule has 3 nitrogen and oxygen atoms in total. The van der Waals surface area contributed by atoms with E-state index in [9.17, 15) is 21.6 Å². The van der Waals surface area contributed by atoms with Crippen molar-refractivity contribution in [1.29, 1.82) is 0 Å². The Bertz CT molecular complexity index is 1150. The van der Waals surface area contributed by atoms with E-state index in [4.69, 9.17) is 0 Å². The van der Waals surface area contributed by atoms with Gasteiger partial charge in [0.25, 0.3) is 10.0 Å². The van der Waals surface area contributed by atoms with E-state index in [2.05, 4.69) is 23.8 Å². The number of nitrogens with zero attached hydrogens (tertiary/aromatic N) is 1. The molecule has 0 saturated heterocycles. The fraction of sp³-hybridized carbons (Fsp3) is 0.143. The Hall–Kier alpha value is -3.34. The highest BCUT2D eigenvalue weighted by atomic mass is 32.2. The quantitative estimate of drug-likeness (QED) is 0.574. The van der Waals surface area contributed by atoms with Gasteiger partial charge in [-0.05, 0) is 44.0 Å². The van der Waals surface area contributed by atoms with Crippen LogP contribution in [0.4, 0.5) is 18.9 Å². The molecule has 7 heteroatoms. The second-order valence-corrected chi connectivity index (χ2v) is 7.25. The van der Waals surface area contributed by atoms with Gasteiger partial charge in [0.2, 0.25) is 0 Å². The van der Waals surface area contributed by atoms with E-state index in [1.54, 1.807) is 19.1 Å². The number of aryl methyl sites for hydroxylation is 1. The van der Waals surface area contributed by atoms with Gasteiger partial charge in [-0.3, -0.25) is 0 Å². The van der Waals surface area contributed by atoms with Crippen LogP contribution in [0.1, 0.15) is 18.1 Å². The zero-order valence-electron chi connectivity index (χ0n) is 14.9. The summed E-state index contributed by atoms with van der Waals surface area (Å²) in [5.74, 6) is 10.4. The Morgan fingerprint density at radius 2 is 1.61 bits per heavy atom. The van der Waals surface area contributed by atoms with E-state index in [-0.39, 0.29) is 16.1 Å². The smallest absolute Gasteiger partial charge is 0.200 e. The summed E-state index contributed by atoms with van der Waals surface area (Å²) in [6, 6.07) is 14.0. The van der Waals surface area contributed by atoms with E-state index in [0.29, 0.717) is 4.31 Å². The first kappa shape index (κ1) is 21.0. The minimum Gasteiger partial charge on any atom is -0.200 e. The summed E-state index contributed by atoms with van der Waals surface area (Å²) in [4.78, 5) is -0.0598. The van der Waals surface area contributed by atoms with Crippen LogP contribution in [0.25, 0.3) is 0 Å². The lowest BCUT2D eigenvalue weighted by Gasteiger charge is -2.19. The molecule has 0 N–H and O–H groups in total. The number of rotatable bonds is 3. The van der Waals surface area contributed by atoms with Crippen molar-refractivity contribution in [2.45, 2.75) is 24.9 Å². The van der Waals surface area contributed by atoms with Crippen LogP contribution < -0.4 is 4.31 Å². The molecule has 0 aliphatic heterocycles. The number of hydrogen-bond donors (Lipinski definition) is 0. The van der Waals surface area contributed by atoms with Crippen molar-refractivity contribution in [1.82, 2.24) is 0 Å². The topological polar surface area (TPSA) is 37.4 Å². The minimum absolute atomic E-state index is 0.0598. The molecule has 2 aromatic rings. The molecule has 142 valence electrons. The van der Waals surface area contributed by atoms with Crippen molar-refractivity contribution in [2.24, 2.45) is 0 Å². The van der Waals surface area contributed by atoms with E-state index in [1.165, 1.54) is 43.3 Å². The summed E-state index contributed by atoms with van der Waals surface area (Å²) in [5.41, 5.74) is 0.629. The van der Waals surface area contributed by atoms with Crippen molar-refractivity contribution < 1.29 is 21.6 Å². The van der Waals surface area contributed by atoms with Crippen LogP contribution in [0.3, 0.4) is 0 Å². The third-order valence-corrected chi connectivity index (χ3v) is 5.00. The minimum atomic E-state index is -4.72. The van der Waals surface area contributed by atoms with Crippen LogP contribution in [0.15, 0.2) is 53.4 Å². The number of alkyl halides is 3. The van der Waals surface area contributed by atoms with Crippen LogP contribution in [0, 0.1) is 42.6 Å². The summed E-state index contributed by atoms with van der Waals surface area (Å²) < 4.78 is 64.4. The monoisotopic (exact) mass is 401 g/mol. The van der Waals surface area contributed by atoms with Crippen LogP contribution in [0.2, 0.25) is 0 Å². The van der Waals surface area contributed by atoms with Gasteiger partial charge in [0.15, 0.2) is 0 Å². The summed E-state index contributed by atoms with van der Waals surface area (Å²) in [7, 11) is -4.18. The second-order valence-electron chi connectivity index (χ2n) is 5.46. The van der Waals surface area contributed by atoms with Gasteiger partial charge < -0.3 is 0 Å². The van der Waals surface area contributed by atoms with E-state index in [1.807, 2.05) is 5.92 Å². The molecule has 2 aromatic carbocycles. The Labute approximate surface area is 162 Å². The lowest BCUT2D eigenvalue weighted by atomic mass is 10.2. The first-order chi connectivity index (χ1) is 13.1. The van der Waals surface area contributed by atoms with Crippen molar-refractivity contribution in [3.05, 3.63) is 59.7 Å². The first-order valence-electron chi connectivity index (χ1n) is 7.88. The van der Waals surface area contributed by atoms with Gasteiger partial charge in [0, 0.05) is 17.9 Å². The number of anilines is 1. The van der Waals surface area contributed by atoms with Gasteiger partial charge in [0.1, 0.15) is 0 Å². The summed E-state index contributed by atoms with van der Waals surface area (Å²) in [6.07, 6.45) is -4.72. The molecule has 0 saturated carbocycles. The number of hydrogen-bond acceptors (Lipinski definition) is 2. The zero-order chi connectivity index (χ0) is 20.8. The molecule has 0 aliphatic carbocycles. The average molecular weight is 401 g/mol. The maximum absolute atomic E-state index is 13.1. The molecule has 0 unspecified atom stereocenters. The second kappa shape index (κ2) is 8.57. The molecule has 0 amide bonds. The Balaban J connectivity index is 2.69. The fourth-order valence-electron chi connectivity index (χ4n) is 2.10. The highest BCUT2D eigenvalue weighted by molar-refractivity contribution is 7.93. The molecule has 0 fully saturated rings. The molecule has 0 aromatic heterocycles. The van der Waals surface area contributed by atoms with Crippen molar-refractivity contribution in [3.8, 4) is 35.6 Å². The maximum Gasteiger partial charge on any atom is 0.458 e. The highest BCUT2D eigenvalue weighted by Crippen LogP contribution is 2.27. The summed E-state index contributed by atoms with van der Waals surface area (Å²) >= 11 is 0. The van der Waals surface area contributed by atoms with Gasteiger partial charge in [-0.1, -0.05) is 41.7 Å². The predicted octanol–water partition coefficient (Wildman–Crippen LogP) is 4.09. The van der Waals surface area contributed by atoms with Gasteiger partial charge in [-0.2, -0.15) is 17.5 Å². The van der Waals surface area contributed by atoms with Crippen molar-refractivity contribution >= 4 is 15.7 Å². The van der Waals surface area contributed by atoms with Gasteiger partial charge in [-0.15, -0.1) is 0 Å². The van der Waals surface area contributed by atoms with E-state index < -0.39 is 16.2 Å². The molecule has 0 spiro atoms. The molecular formula is C21H14F3NO2S. The maximum atomic E-state index is 13.1. The number of para-hydroxylation sites is 1. The molecule has 0 radical (unpaired) electrons. The molecule has 2 rings (SSSR count). The van der Waals surface area contributed by atoms with E-state index in [0.717, 1.165) is 11.5 Å². The van der Waals surface area contributed by atoms with Crippen molar-refractivity contribution in [3.63, 3.8) is 0 Å². The zero-order valence-corrected chi connectivity index (χ0v) is 15.7. The van der Waals surface area contributed by atoms with Crippen molar-refractivity contribution in [2.75, 3.05) is 4.31 Å². The van der Waals surface area contributed by atoms with Crippen LogP contribution in [-0.4, -0.2) is 14.6 Å². The third-order valence-electron chi connectivity index (χ3n) is 3.37. The Morgan fingerprint density at radius 3 is 2.21 bits per heavy atom. The molecule has 0 atom stereocenters. The van der Waals surface area contributed by atoms with Crippen LogP contribution >= 0.6 is 0 Å². The number of sulfonamides is 1. The standard InChI is InChI=1S/C21H14F3NO2S/c1-3-4-7-16-25(28(26,27)19-12-10-17(2)11-13-19)20-9-6-5-8-18(20)14-15-21(22,23)24/h5-6,8-13H,1-2H3. The molecule has 28 heavy (non-hydrogen) atoms. The van der Waals surface area contributed by atoms with Crippen LogP contribution in [-0.2, 0) is 10.0 Å². The Kier molecular flexibility index (Phi) is 6.41. The lowest BCUT2D eigenvalue weighted by Crippen LogP contribution is -2.27. The van der Waals surface area contributed by atoms with Crippen LogP contribution in [0.5, 0.6) is 0 Å². The summed E-state index contributed by atoms with van der Waals surface area (Å²) in [6.45, 7) is 3.32. The Morgan fingerprint density at radius 1 is 0.964 bits per heavy atom. The van der Waals surface area contributed by atoms with Gasteiger partial charge in [0.05, 0.1) is 16.1 Å². The van der Waals surface area contributed by atoms with Gasteiger partial charge in [-0.25, -0.2) is 8.42 Å². The average Bonchev–Trinajstić information content (AvgIpc) is 2.63. The number of halogens is 3. The SMILES string of the molecule is CC#CC#CN(c1ccccc1C#CC(F)(F)F)S(=O)(=O)c1ccc(C)cc1. The lowest BCUT2D eigenvalue weighted by molar-refractivity contribution is -0.0696. The summed E-state index contributed by atoms with van der Waals surface area (Å²) in [5, 5.41) is 0. The molecular weight excluding hydrogens is 387 g/mol. The molecule has 0 heterocycles. The third kappa shape index (κ3) is 5.33. The highest BCUT2D eigenvalue weighted by Gasteiger charge is 2.27. The number of benzene rings is 2. The normalized spacial score (nSPS) is 10.5. The van der Waals surface area contributed by atoms with E-state index >= 15 is 0 Å². The van der Waals surface area contributed by atoms with Gasteiger partial charge >= 0.3 is 6.18 Å².